The molecule has 0 spiro atoms. The second-order valence-electron chi connectivity index (χ2n) is 4.45. The maximum absolute atomic E-state index is 10.9. The van der Waals surface area contributed by atoms with Crippen LogP contribution in [0.2, 0.25) is 0 Å². The van der Waals surface area contributed by atoms with E-state index in [-0.39, 0.29) is 17.3 Å². The number of hydrogen-bond donors (Lipinski definition) is 2. The van der Waals surface area contributed by atoms with Crippen molar-refractivity contribution in [2.24, 2.45) is 5.92 Å². The van der Waals surface area contributed by atoms with E-state index in [4.69, 9.17) is 5.11 Å². The molecule has 0 saturated heterocycles. The maximum Gasteiger partial charge on any atom is 0.335 e. The van der Waals surface area contributed by atoms with Crippen LogP contribution in [0.25, 0.3) is 0 Å². The van der Waals surface area contributed by atoms with Crippen molar-refractivity contribution >= 4 is 17.3 Å². The maximum atomic E-state index is 10.9. The van der Waals surface area contributed by atoms with Crippen LogP contribution in [0.5, 0.6) is 0 Å². The second-order valence-corrected chi connectivity index (χ2v) is 4.45. The molecule has 6 heteroatoms. The van der Waals surface area contributed by atoms with Gasteiger partial charge in [0.05, 0.1) is 10.5 Å². The lowest BCUT2D eigenvalue weighted by Crippen LogP contribution is -2.08. The number of benzene rings is 1. The minimum atomic E-state index is -1.09. The zero-order valence-electron chi connectivity index (χ0n) is 9.92. The zero-order valence-corrected chi connectivity index (χ0v) is 9.92. The van der Waals surface area contributed by atoms with E-state index in [0.29, 0.717) is 11.6 Å². The molecule has 1 aliphatic carbocycles. The van der Waals surface area contributed by atoms with Crippen LogP contribution in [-0.4, -0.2) is 22.0 Å². The Morgan fingerprint density at radius 1 is 1.61 bits per heavy atom. The average Bonchev–Trinajstić information content (AvgIpc) is 3.07. The van der Waals surface area contributed by atoms with Crippen molar-refractivity contribution in [3.05, 3.63) is 33.9 Å². The van der Waals surface area contributed by atoms with Crippen molar-refractivity contribution in [2.45, 2.75) is 25.8 Å². The van der Waals surface area contributed by atoms with E-state index in [0.717, 1.165) is 12.8 Å². The molecule has 96 valence electrons. The van der Waals surface area contributed by atoms with Crippen molar-refractivity contribution in [1.82, 2.24) is 0 Å². The summed E-state index contributed by atoms with van der Waals surface area (Å²) >= 11 is 0. The van der Waals surface area contributed by atoms with E-state index < -0.39 is 10.9 Å². The molecule has 2 unspecified atom stereocenters. The van der Waals surface area contributed by atoms with E-state index >= 15 is 0 Å². The molecule has 1 saturated carbocycles. The summed E-state index contributed by atoms with van der Waals surface area (Å²) in [5, 5.41) is 22.8. The largest absolute Gasteiger partial charge is 0.478 e. The Balaban J connectivity index is 2.26. The zero-order chi connectivity index (χ0) is 13.3. The van der Waals surface area contributed by atoms with Gasteiger partial charge in [-0.25, -0.2) is 4.79 Å². The Hall–Kier alpha value is -2.11. The van der Waals surface area contributed by atoms with Gasteiger partial charge in [-0.15, -0.1) is 0 Å². The molecule has 1 aromatic rings. The van der Waals surface area contributed by atoms with Crippen molar-refractivity contribution in [1.29, 1.82) is 0 Å². The lowest BCUT2D eigenvalue weighted by molar-refractivity contribution is -0.384. The van der Waals surface area contributed by atoms with E-state index in [1.807, 2.05) is 0 Å². The van der Waals surface area contributed by atoms with Crippen molar-refractivity contribution < 1.29 is 14.8 Å². The van der Waals surface area contributed by atoms with Gasteiger partial charge in [0, 0.05) is 12.1 Å². The SMILES string of the molecule is CCC1CC1Nc1cc(C(=O)O)ccc1[N+](=O)[O-]. The first-order valence-corrected chi connectivity index (χ1v) is 5.81. The van der Waals surface area contributed by atoms with Gasteiger partial charge in [0.1, 0.15) is 5.69 Å². The molecule has 0 radical (unpaired) electrons. The number of nitro groups is 1. The summed E-state index contributed by atoms with van der Waals surface area (Å²) in [5.74, 6) is -0.561. The highest BCUT2D eigenvalue weighted by Crippen LogP contribution is 2.38. The molecule has 2 rings (SSSR count). The first-order chi connectivity index (χ1) is 8.52. The van der Waals surface area contributed by atoms with Crippen LogP contribution < -0.4 is 5.32 Å². The van der Waals surface area contributed by atoms with Gasteiger partial charge >= 0.3 is 5.97 Å². The summed E-state index contributed by atoms with van der Waals surface area (Å²) in [6.07, 6.45) is 2.00. The van der Waals surface area contributed by atoms with Crippen molar-refractivity contribution in [3.8, 4) is 0 Å². The van der Waals surface area contributed by atoms with Gasteiger partial charge in [-0.2, -0.15) is 0 Å². The van der Waals surface area contributed by atoms with Crippen LogP contribution in [0.3, 0.4) is 0 Å². The molecule has 18 heavy (non-hydrogen) atoms. The minimum Gasteiger partial charge on any atom is -0.478 e. The molecule has 2 N–H and O–H groups in total. The van der Waals surface area contributed by atoms with Crippen molar-refractivity contribution in [2.75, 3.05) is 5.32 Å². The Labute approximate surface area is 104 Å². The van der Waals surface area contributed by atoms with Crippen LogP contribution in [-0.2, 0) is 0 Å². The molecule has 0 heterocycles. The number of nitro benzene ring substituents is 1. The molecular weight excluding hydrogens is 236 g/mol. The summed E-state index contributed by atoms with van der Waals surface area (Å²) < 4.78 is 0. The van der Waals surface area contributed by atoms with Crippen LogP contribution in [0.4, 0.5) is 11.4 Å². The summed E-state index contributed by atoms with van der Waals surface area (Å²) in [6.45, 7) is 2.06. The first-order valence-electron chi connectivity index (χ1n) is 5.81. The fraction of sp³-hybridized carbons (Fsp3) is 0.417. The number of carboxylic acids is 1. The van der Waals surface area contributed by atoms with Gasteiger partial charge < -0.3 is 10.4 Å². The Kier molecular flexibility index (Phi) is 3.18. The minimum absolute atomic E-state index is 0.0526. The number of aromatic carboxylic acids is 1. The standard InChI is InChI=1S/C12H14N2O4/c1-2-7-5-9(7)13-10-6-8(12(15)16)3-4-11(10)14(17)18/h3-4,6-7,9,13H,2,5H2,1H3,(H,15,16). The molecule has 0 aliphatic heterocycles. The van der Waals surface area contributed by atoms with Gasteiger partial charge in [0.15, 0.2) is 0 Å². The molecular formula is C12H14N2O4. The molecule has 2 atom stereocenters. The van der Waals surface area contributed by atoms with Gasteiger partial charge in [0.25, 0.3) is 5.69 Å². The van der Waals surface area contributed by atoms with E-state index in [9.17, 15) is 14.9 Å². The molecule has 1 aromatic carbocycles. The van der Waals surface area contributed by atoms with Gasteiger partial charge in [-0.3, -0.25) is 10.1 Å². The summed E-state index contributed by atoms with van der Waals surface area (Å²) in [4.78, 5) is 21.2. The molecule has 0 aromatic heterocycles. The summed E-state index contributed by atoms with van der Waals surface area (Å²) in [7, 11) is 0. The Morgan fingerprint density at radius 2 is 2.33 bits per heavy atom. The number of carboxylic acid groups (broad SMARTS) is 1. The molecule has 0 bridgehead atoms. The molecule has 1 fully saturated rings. The average molecular weight is 250 g/mol. The monoisotopic (exact) mass is 250 g/mol. The smallest absolute Gasteiger partial charge is 0.335 e. The third kappa shape index (κ3) is 2.42. The van der Waals surface area contributed by atoms with Crippen molar-refractivity contribution in [3.63, 3.8) is 0 Å². The van der Waals surface area contributed by atoms with Gasteiger partial charge in [0.2, 0.25) is 0 Å². The molecule has 6 nitrogen and oxygen atoms in total. The predicted molar refractivity (Wildman–Crippen MR) is 65.9 cm³/mol. The van der Waals surface area contributed by atoms with E-state index in [2.05, 4.69) is 12.2 Å². The number of nitrogens with zero attached hydrogens (tertiary/aromatic N) is 1. The number of hydrogen-bond acceptors (Lipinski definition) is 4. The van der Waals surface area contributed by atoms with Gasteiger partial charge in [-0.1, -0.05) is 13.3 Å². The quantitative estimate of drug-likeness (QED) is 0.618. The number of carbonyl (C=O) groups is 1. The second kappa shape index (κ2) is 4.64. The number of anilines is 1. The van der Waals surface area contributed by atoms with E-state index in [1.54, 1.807) is 0 Å². The number of rotatable bonds is 5. The molecule has 1 aliphatic rings. The Bertz CT molecular complexity index is 501. The third-order valence-electron chi connectivity index (χ3n) is 3.23. The lowest BCUT2D eigenvalue weighted by Gasteiger charge is -2.07. The van der Waals surface area contributed by atoms with Crippen LogP contribution in [0, 0.1) is 16.0 Å². The van der Waals surface area contributed by atoms with E-state index in [1.165, 1.54) is 18.2 Å². The highest BCUT2D eigenvalue weighted by Gasteiger charge is 2.36. The van der Waals surface area contributed by atoms with Crippen LogP contribution in [0.1, 0.15) is 30.1 Å². The fourth-order valence-electron chi connectivity index (χ4n) is 2.02. The highest BCUT2D eigenvalue weighted by molar-refractivity contribution is 5.90. The molecule has 0 amide bonds. The summed E-state index contributed by atoms with van der Waals surface area (Å²) in [5.41, 5.74) is 0.263. The normalized spacial score (nSPS) is 21.4. The predicted octanol–water partition coefficient (Wildman–Crippen LogP) is 2.50. The topological polar surface area (TPSA) is 92.5 Å². The Morgan fingerprint density at radius 3 is 2.83 bits per heavy atom. The lowest BCUT2D eigenvalue weighted by atomic mass is 10.1. The van der Waals surface area contributed by atoms with Crippen LogP contribution >= 0.6 is 0 Å². The fourth-order valence-corrected chi connectivity index (χ4v) is 2.02. The number of nitrogens with one attached hydrogen (secondary N) is 1. The van der Waals surface area contributed by atoms with Crippen LogP contribution in [0.15, 0.2) is 18.2 Å². The summed E-state index contributed by atoms with van der Waals surface area (Å²) in [6, 6.07) is 4.02. The highest BCUT2D eigenvalue weighted by atomic mass is 16.6. The van der Waals surface area contributed by atoms with Gasteiger partial charge in [-0.05, 0) is 24.5 Å². The third-order valence-corrected chi connectivity index (χ3v) is 3.23. The first kappa shape index (κ1) is 12.3.